The average molecular weight is 479 g/mol. The van der Waals surface area contributed by atoms with Gasteiger partial charge in [0, 0.05) is 15.1 Å². The fourth-order valence-corrected chi connectivity index (χ4v) is 4.30. The summed E-state index contributed by atoms with van der Waals surface area (Å²) in [5.41, 5.74) is 1.65. The number of rotatable bonds is 6. The Labute approximate surface area is 180 Å². The smallest absolute Gasteiger partial charge is 0.277 e. The van der Waals surface area contributed by atoms with E-state index in [0.717, 1.165) is 34.9 Å². The van der Waals surface area contributed by atoms with Crippen molar-refractivity contribution in [2.75, 3.05) is 5.75 Å². The van der Waals surface area contributed by atoms with E-state index in [1.165, 1.54) is 11.8 Å². The summed E-state index contributed by atoms with van der Waals surface area (Å²) in [6.07, 6.45) is 3.00. The number of hydrogen-bond acceptors (Lipinski definition) is 5. The number of halogens is 2. The predicted molar refractivity (Wildman–Crippen MR) is 113 cm³/mol. The van der Waals surface area contributed by atoms with Crippen LogP contribution in [0.25, 0.3) is 11.5 Å². The fraction of sp³-hybridized carbons (Fsp3) is 0.250. The molecule has 8 heteroatoms. The molecule has 1 aliphatic carbocycles. The van der Waals surface area contributed by atoms with Gasteiger partial charge in [-0.25, -0.2) is 0 Å². The number of thioether (sulfide) groups is 1. The summed E-state index contributed by atoms with van der Waals surface area (Å²) in [5.74, 6) is 0.581. The average Bonchev–Trinajstić information content (AvgIpc) is 3.13. The molecule has 0 saturated heterocycles. The van der Waals surface area contributed by atoms with Crippen LogP contribution in [0.4, 0.5) is 0 Å². The van der Waals surface area contributed by atoms with Crippen LogP contribution in [-0.2, 0) is 10.3 Å². The second kappa shape index (κ2) is 8.27. The molecule has 1 N–H and O–H groups in total. The highest BCUT2D eigenvalue weighted by Gasteiger charge is 2.40. The quantitative estimate of drug-likeness (QED) is 0.478. The minimum atomic E-state index is -0.273. The fourth-order valence-electron chi connectivity index (χ4n) is 3.21. The molecule has 3 aromatic rings. The molecule has 1 saturated carbocycles. The molecule has 1 aliphatic rings. The minimum Gasteiger partial charge on any atom is -0.411 e. The first-order valence-corrected chi connectivity index (χ1v) is 11.0. The third-order valence-corrected chi connectivity index (χ3v) is 6.35. The molecule has 1 amide bonds. The van der Waals surface area contributed by atoms with Gasteiger partial charge in [0.15, 0.2) is 0 Å². The third kappa shape index (κ3) is 4.26. The van der Waals surface area contributed by atoms with E-state index in [2.05, 4.69) is 43.6 Å². The lowest BCUT2D eigenvalue weighted by Gasteiger charge is -2.43. The number of benzene rings is 2. The highest BCUT2D eigenvalue weighted by Crippen LogP contribution is 2.42. The maximum Gasteiger partial charge on any atom is 0.277 e. The molecule has 0 bridgehead atoms. The van der Waals surface area contributed by atoms with Gasteiger partial charge in [-0.1, -0.05) is 51.4 Å². The SMILES string of the molecule is O=C(CSc1nnc(-c2ccc(Cl)cc2)o1)NC1(c2cccc(Br)c2)CCC1. The Balaban J connectivity index is 1.37. The Hall–Kier alpha value is -1.83. The third-order valence-electron chi connectivity index (χ3n) is 4.79. The molecule has 5 nitrogen and oxygen atoms in total. The van der Waals surface area contributed by atoms with Crippen LogP contribution in [0.2, 0.25) is 5.02 Å². The first-order chi connectivity index (χ1) is 13.5. The van der Waals surface area contributed by atoms with Crippen LogP contribution in [0.15, 0.2) is 62.6 Å². The van der Waals surface area contributed by atoms with Crippen molar-refractivity contribution in [2.24, 2.45) is 0 Å². The van der Waals surface area contributed by atoms with E-state index in [9.17, 15) is 4.79 Å². The van der Waals surface area contributed by atoms with Crippen molar-refractivity contribution < 1.29 is 9.21 Å². The summed E-state index contributed by atoms with van der Waals surface area (Å²) in [6, 6.07) is 15.3. The van der Waals surface area contributed by atoms with Crippen molar-refractivity contribution in [3.8, 4) is 11.5 Å². The molecule has 4 rings (SSSR count). The Morgan fingerprint density at radius 1 is 1.21 bits per heavy atom. The van der Waals surface area contributed by atoms with Gasteiger partial charge in [-0.15, -0.1) is 10.2 Å². The molecular weight excluding hydrogens is 462 g/mol. The van der Waals surface area contributed by atoms with Gasteiger partial charge in [-0.3, -0.25) is 4.79 Å². The summed E-state index contributed by atoms with van der Waals surface area (Å²) in [5, 5.41) is 12.3. The predicted octanol–water partition coefficient (Wildman–Crippen LogP) is 5.44. The van der Waals surface area contributed by atoms with E-state index < -0.39 is 0 Å². The Morgan fingerprint density at radius 3 is 2.68 bits per heavy atom. The Morgan fingerprint density at radius 2 is 2.00 bits per heavy atom. The monoisotopic (exact) mass is 477 g/mol. The van der Waals surface area contributed by atoms with Crippen molar-refractivity contribution in [2.45, 2.75) is 30.0 Å². The molecule has 144 valence electrons. The maximum absolute atomic E-state index is 12.5. The highest BCUT2D eigenvalue weighted by molar-refractivity contribution is 9.10. The molecule has 0 radical (unpaired) electrons. The first-order valence-electron chi connectivity index (χ1n) is 8.83. The van der Waals surface area contributed by atoms with Crippen molar-refractivity contribution in [3.05, 3.63) is 63.6 Å². The van der Waals surface area contributed by atoms with E-state index in [1.807, 2.05) is 24.3 Å². The van der Waals surface area contributed by atoms with Crippen molar-refractivity contribution in [1.82, 2.24) is 15.5 Å². The molecule has 0 atom stereocenters. The van der Waals surface area contributed by atoms with Gasteiger partial charge in [-0.2, -0.15) is 0 Å². The van der Waals surface area contributed by atoms with E-state index in [4.69, 9.17) is 16.0 Å². The lowest BCUT2D eigenvalue weighted by molar-refractivity contribution is -0.121. The number of hydrogen-bond donors (Lipinski definition) is 1. The second-order valence-electron chi connectivity index (χ2n) is 6.66. The summed E-state index contributed by atoms with van der Waals surface area (Å²) in [6.45, 7) is 0. The number of carbonyl (C=O) groups excluding carboxylic acids is 1. The Kier molecular flexibility index (Phi) is 5.75. The largest absolute Gasteiger partial charge is 0.411 e. The van der Waals surface area contributed by atoms with Crippen molar-refractivity contribution >= 4 is 45.2 Å². The Bertz CT molecular complexity index is 989. The highest BCUT2D eigenvalue weighted by atomic mass is 79.9. The molecule has 28 heavy (non-hydrogen) atoms. The maximum atomic E-state index is 12.5. The molecule has 1 heterocycles. The topological polar surface area (TPSA) is 68.0 Å². The lowest BCUT2D eigenvalue weighted by atomic mass is 9.72. The van der Waals surface area contributed by atoms with Crippen LogP contribution in [0.3, 0.4) is 0 Å². The van der Waals surface area contributed by atoms with Gasteiger partial charge in [0.25, 0.3) is 5.22 Å². The zero-order valence-electron chi connectivity index (χ0n) is 14.8. The second-order valence-corrected chi connectivity index (χ2v) is 8.94. The van der Waals surface area contributed by atoms with Crippen LogP contribution in [0.5, 0.6) is 0 Å². The standard InChI is InChI=1S/C20H17BrClN3O2S/c21-15-4-1-3-14(11-15)20(9-2-10-20)23-17(26)12-28-19-25-24-18(27-19)13-5-7-16(22)8-6-13/h1,3-8,11H,2,9-10,12H2,(H,23,26). The zero-order valence-corrected chi connectivity index (χ0v) is 18.0. The van der Waals surface area contributed by atoms with E-state index in [0.29, 0.717) is 16.1 Å². The zero-order chi connectivity index (χ0) is 19.6. The molecule has 0 spiro atoms. The van der Waals surface area contributed by atoms with E-state index >= 15 is 0 Å². The van der Waals surface area contributed by atoms with Gasteiger partial charge in [0.1, 0.15) is 0 Å². The summed E-state index contributed by atoms with van der Waals surface area (Å²) in [7, 11) is 0. The molecule has 2 aromatic carbocycles. The van der Waals surface area contributed by atoms with Gasteiger partial charge >= 0.3 is 0 Å². The van der Waals surface area contributed by atoms with E-state index in [1.54, 1.807) is 12.1 Å². The van der Waals surface area contributed by atoms with Gasteiger partial charge < -0.3 is 9.73 Å². The number of nitrogens with one attached hydrogen (secondary N) is 1. The lowest BCUT2D eigenvalue weighted by Crippen LogP contribution is -2.51. The molecule has 0 aliphatic heterocycles. The normalized spacial score (nSPS) is 15.1. The van der Waals surface area contributed by atoms with Crippen LogP contribution in [0.1, 0.15) is 24.8 Å². The summed E-state index contributed by atoms with van der Waals surface area (Å²) >= 11 is 10.6. The minimum absolute atomic E-state index is 0.0454. The molecule has 0 unspecified atom stereocenters. The van der Waals surface area contributed by atoms with Gasteiger partial charge in [-0.05, 0) is 61.2 Å². The van der Waals surface area contributed by atoms with Crippen LogP contribution in [0, 0.1) is 0 Å². The first kappa shape index (κ1) is 19.5. The van der Waals surface area contributed by atoms with E-state index in [-0.39, 0.29) is 17.2 Å². The van der Waals surface area contributed by atoms with Crippen molar-refractivity contribution in [3.63, 3.8) is 0 Å². The van der Waals surface area contributed by atoms with Gasteiger partial charge in [0.05, 0.1) is 11.3 Å². The van der Waals surface area contributed by atoms with Crippen LogP contribution in [-0.4, -0.2) is 21.9 Å². The van der Waals surface area contributed by atoms with Crippen LogP contribution < -0.4 is 5.32 Å². The number of carbonyl (C=O) groups is 1. The van der Waals surface area contributed by atoms with Gasteiger partial charge in [0.2, 0.25) is 11.8 Å². The summed E-state index contributed by atoms with van der Waals surface area (Å²) < 4.78 is 6.66. The number of aromatic nitrogens is 2. The molecular formula is C20H17BrClN3O2S. The molecule has 1 fully saturated rings. The number of nitrogens with zero attached hydrogens (tertiary/aromatic N) is 2. The van der Waals surface area contributed by atoms with Crippen molar-refractivity contribution in [1.29, 1.82) is 0 Å². The molecule has 1 aromatic heterocycles. The number of amides is 1. The summed E-state index contributed by atoms with van der Waals surface area (Å²) in [4.78, 5) is 12.5. The van der Waals surface area contributed by atoms with Crippen LogP contribution >= 0.6 is 39.3 Å².